The molecule has 10 heavy (non-hydrogen) atoms. The van der Waals surface area contributed by atoms with Crippen molar-refractivity contribution in [2.75, 3.05) is 0 Å². The average Bonchev–Trinajstić information content (AvgIpc) is 1.90. The Morgan fingerprint density at radius 1 is 1.00 bits per heavy atom. The molecule has 0 aromatic carbocycles. The molecule has 0 aromatic rings. The van der Waals surface area contributed by atoms with Gasteiger partial charge in [-0.15, -0.1) is 12.4 Å². The van der Waals surface area contributed by atoms with Crippen LogP contribution in [0.1, 0.15) is 32.1 Å². The molecular formula is C8H16ClN. The van der Waals surface area contributed by atoms with Crippen LogP contribution in [-0.2, 0) is 0 Å². The van der Waals surface area contributed by atoms with Gasteiger partial charge in [-0.05, 0) is 31.1 Å². The third kappa shape index (κ3) is 1.30. The van der Waals surface area contributed by atoms with Crippen LogP contribution in [0.25, 0.3) is 0 Å². The van der Waals surface area contributed by atoms with Crippen LogP contribution in [0.2, 0.25) is 0 Å². The second-order valence-corrected chi connectivity index (χ2v) is 3.68. The molecule has 0 unspecified atom stereocenters. The molecule has 3 rings (SSSR count). The number of rotatable bonds is 0. The smallest absolute Gasteiger partial charge is 0.00698 e. The van der Waals surface area contributed by atoms with Crippen LogP contribution >= 0.6 is 12.4 Å². The van der Waals surface area contributed by atoms with Gasteiger partial charge in [0.15, 0.2) is 0 Å². The van der Waals surface area contributed by atoms with Crippen LogP contribution in [-0.4, -0.2) is 6.04 Å². The van der Waals surface area contributed by atoms with Gasteiger partial charge in [-0.25, -0.2) is 0 Å². The Kier molecular flexibility index (Phi) is 2.59. The number of hydrogen-bond acceptors (Lipinski definition) is 1. The van der Waals surface area contributed by atoms with Crippen molar-refractivity contribution in [2.24, 2.45) is 17.6 Å². The highest BCUT2D eigenvalue weighted by Crippen LogP contribution is 2.40. The van der Waals surface area contributed by atoms with E-state index in [2.05, 4.69) is 0 Å². The zero-order valence-electron chi connectivity index (χ0n) is 6.25. The number of fused-ring (bicyclic) bond motifs is 3. The molecule has 0 heterocycles. The molecule has 3 saturated carbocycles. The van der Waals surface area contributed by atoms with E-state index in [0.29, 0.717) is 6.04 Å². The maximum Gasteiger partial charge on any atom is 0.00698 e. The van der Waals surface area contributed by atoms with Gasteiger partial charge in [0.25, 0.3) is 0 Å². The van der Waals surface area contributed by atoms with E-state index < -0.39 is 0 Å². The van der Waals surface area contributed by atoms with Crippen LogP contribution in [0.3, 0.4) is 0 Å². The molecule has 1 atom stereocenters. The van der Waals surface area contributed by atoms with Crippen LogP contribution in [0.4, 0.5) is 0 Å². The van der Waals surface area contributed by atoms with Crippen LogP contribution < -0.4 is 5.73 Å². The van der Waals surface area contributed by atoms with Gasteiger partial charge in [0.2, 0.25) is 0 Å². The third-order valence-electron chi connectivity index (χ3n) is 3.10. The molecule has 2 bridgehead atoms. The summed E-state index contributed by atoms with van der Waals surface area (Å²) in [7, 11) is 0. The third-order valence-corrected chi connectivity index (χ3v) is 3.10. The summed E-state index contributed by atoms with van der Waals surface area (Å²) in [4.78, 5) is 0. The predicted molar refractivity (Wildman–Crippen MR) is 45.3 cm³/mol. The normalized spacial score (nSPS) is 44.7. The van der Waals surface area contributed by atoms with E-state index in [4.69, 9.17) is 5.73 Å². The molecule has 0 aliphatic heterocycles. The maximum atomic E-state index is 5.92. The molecule has 3 aliphatic rings. The molecule has 2 heteroatoms. The van der Waals surface area contributed by atoms with Crippen LogP contribution in [0.15, 0.2) is 0 Å². The van der Waals surface area contributed by atoms with Crippen molar-refractivity contribution in [3.63, 3.8) is 0 Å². The summed E-state index contributed by atoms with van der Waals surface area (Å²) in [6.45, 7) is 0. The minimum Gasteiger partial charge on any atom is -0.327 e. The van der Waals surface area contributed by atoms with Crippen LogP contribution in [0.5, 0.6) is 0 Å². The summed E-state index contributed by atoms with van der Waals surface area (Å²) in [6, 6.07) is 0.567. The number of nitrogens with two attached hydrogens (primary N) is 1. The zero-order chi connectivity index (χ0) is 6.27. The van der Waals surface area contributed by atoms with Crippen molar-refractivity contribution in [3.8, 4) is 0 Å². The van der Waals surface area contributed by atoms with E-state index >= 15 is 0 Å². The van der Waals surface area contributed by atoms with Crippen molar-refractivity contribution in [2.45, 2.75) is 38.1 Å². The van der Waals surface area contributed by atoms with Gasteiger partial charge in [0.1, 0.15) is 0 Å². The van der Waals surface area contributed by atoms with Gasteiger partial charge in [-0.3, -0.25) is 0 Å². The second kappa shape index (κ2) is 3.10. The summed E-state index contributed by atoms with van der Waals surface area (Å²) in [5.74, 6) is 1.90. The summed E-state index contributed by atoms with van der Waals surface area (Å²) in [5.41, 5.74) is 5.92. The molecule has 0 aromatic heterocycles. The molecule has 0 saturated heterocycles. The fraction of sp³-hybridized carbons (Fsp3) is 1.00. The Hall–Kier alpha value is 0.250. The molecule has 0 radical (unpaired) electrons. The lowest BCUT2D eigenvalue weighted by atomic mass is 9.68. The van der Waals surface area contributed by atoms with E-state index in [1.165, 1.54) is 32.1 Å². The van der Waals surface area contributed by atoms with Crippen LogP contribution in [0, 0.1) is 11.8 Å². The Balaban J connectivity index is 0.000000500. The predicted octanol–water partition coefficient (Wildman–Crippen LogP) is 1.95. The minimum atomic E-state index is 0. The summed E-state index contributed by atoms with van der Waals surface area (Å²) >= 11 is 0. The first kappa shape index (κ1) is 8.35. The van der Waals surface area contributed by atoms with E-state index in [0.717, 1.165) is 11.8 Å². The van der Waals surface area contributed by atoms with Crippen molar-refractivity contribution in [1.29, 1.82) is 0 Å². The molecule has 3 aliphatic carbocycles. The van der Waals surface area contributed by atoms with Crippen molar-refractivity contribution < 1.29 is 0 Å². The molecule has 0 spiro atoms. The topological polar surface area (TPSA) is 26.0 Å². The number of halogens is 1. The monoisotopic (exact) mass is 161 g/mol. The first-order valence-corrected chi connectivity index (χ1v) is 4.12. The van der Waals surface area contributed by atoms with E-state index in [1.54, 1.807) is 0 Å². The summed E-state index contributed by atoms with van der Waals surface area (Å²) < 4.78 is 0. The van der Waals surface area contributed by atoms with Crippen molar-refractivity contribution >= 4 is 12.4 Å². The largest absolute Gasteiger partial charge is 0.327 e. The molecule has 60 valence electrons. The fourth-order valence-corrected chi connectivity index (χ4v) is 2.43. The van der Waals surface area contributed by atoms with Crippen molar-refractivity contribution in [1.82, 2.24) is 0 Å². The molecular weight excluding hydrogens is 146 g/mol. The van der Waals surface area contributed by atoms with Gasteiger partial charge in [-0.2, -0.15) is 0 Å². The Morgan fingerprint density at radius 2 is 1.60 bits per heavy atom. The van der Waals surface area contributed by atoms with Gasteiger partial charge < -0.3 is 5.73 Å². The second-order valence-electron chi connectivity index (χ2n) is 3.68. The Morgan fingerprint density at radius 3 is 1.80 bits per heavy atom. The number of hydrogen-bond donors (Lipinski definition) is 1. The summed E-state index contributed by atoms with van der Waals surface area (Å²) in [6.07, 6.45) is 7.11. The van der Waals surface area contributed by atoms with Gasteiger partial charge in [-0.1, -0.05) is 12.8 Å². The fourth-order valence-electron chi connectivity index (χ4n) is 2.43. The quantitative estimate of drug-likeness (QED) is 0.578. The van der Waals surface area contributed by atoms with E-state index in [9.17, 15) is 0 Å². The van der Waals surface area contributed by atoms with E-state index in [1.807, 2.05) is 0 Å². The molecule has 1 nitrogen and oxygen atoms in total. The van der Waals surface area contributed by atoms with Gasteiger partial charge in [0.05, 0.1) is 0 Å². The highest BCUT2D eigenvalue weighted by atomic mass is 35.5. The first-order valence-electron chi connectivity index (χ1n) is 4.12. The Bertz CT molecular complexity index is 108. The van der Waals surface area contributed by atoms with Gasteiger partial charge in [0, 0.05) is 6.04 Å². The standard InChI is InChI=1S/C8H15N.ClH/c9-8-5-6-1-3-7(8)4-2-6;/h6-8H,1-5,9H2;1H/t6?,7?,8-;/m0./s1. The van der Waals surface area contributed by atoms with E-state index in [-0.39, 0.29) is 12.4 Å². The molecule has 3 fully saturated rings. The van der Waals surface area contributed by atoms with Crippen molar-refractivity contribution in [3.05, 3.63) is 0 Å². The highest BCUT2D eigenvalue weighted by molar-refractivity contribution is 5.85. The SMILES string of the molecule is Cl.N[C@H]1CC2CCC1CC2. The lowest BCUT2D eigenvalue weighted by Crippen LogP contribution is -2.40. The highest BCUT2D eigenvalue weighted by Gasteiger charge is 2.32. The maximum absolute atomic E-state index is 5.92. The molecule has 2 N–H and O–H groups in total. The lowest BCUT2D eigenvalue weighted by Gasteiger charge is -2.40. The van der Waals surface area contributed by atoms with Gasteiger partial charge >= 0.3 is 0 Å². The first-order chi connectivity index (χ1) is 4.36. The average molecular weight is 162 g/mol. The minimum absolute atomic E-state index is 0. The summed E-state index contributed by atoms with van der Waals surface area (Å²) in [5, 5.41) is 0. The Labute approximate surface area is 68.8 Å². The zero-order valence-corrected chi connectivity index (χ0v) is 7.07. The molecule has 0 amide bonds. The lowest BCUT2D eigenvalue weighted by molar-refractivity contribution is 0.147.